The number of benzene rings is 2. The quantitative estimate of drug-likeness (QED) is 0.528. The van der Waals surface area contributed by atoms with E-state index >= 15 is 0 Å². The van der Waals surface area contributed by atoms with E-state index in [1.54, 1.807) is 18.2 Å². The molecule has 1 heterocycles. The fourth-order valence-electron chi connectivity index (χ4n) is 4.13. The van der Waals surface area contributed by atoms with Gasteiger partial charge in [0.25, 0.3) is 5.91 Å². The number of aromatic nitrogens is 1. The Balaban J connectivity index is 1.57. The third kappa shape index (κ3) is 4.86. The normalized spacial score (nSPS) is 13.6. The van der Waals surface area contributed by atoms with Crippen LogP contribution in [0.1, 0.15) is 47.3 Å². The molecule has 7 heteroatoms. The first kappa shape index (κ1) is 22.1. The Hall–Kier alpha value is -3.12. The van der Waals surface area contributed by atoms with Crippen LogP contribution in [0.2, 0.25) is 5.02 Å². The van der Waals surface area contributed by atoms with Gasteiger partial charge in [-0.15, -0.1) is 0 Å². The number of hydrogen-bond acceptors (Lipinski definition) is 5. The maximum Gasteiger partial charge on any atom is 0.339 e. The second-order valence-corrected chi connectivity index (χ2v) is 8.25. The molecule has 0 atom stereocenters. The maximum absolute atomic E-state index is 13.2. The molecular formula is C25H25ClN2O4. The Morgan fingerprint density at radius 3 is 2.66 bits per heavy atom. The number of amides is 1. The third-order valence-corrected chi connectivity index (χ3v) is 5.88. The molecule has 3 aromatic rings. The van der Waals surface area contributed by atoms with Gasteiger partial charge in [0.15, 0.2) is 6.61 Å². The number of para-hydroxylation sites is 1. The van der Waals surface area contributed by atoms with Crippen molar-refractivity contribution in [3.05, 3.63) is 64.3 Å². The van der Waals surface area contributed by atoms with E-state index < -0.39 is 18.5 Å². The Labute approximate surface area is 191 Å². The maximum atomic E-state index is 13.2. The van der Waals surface area contributed by atoms with Crippen LogP contribution in [0.25, 0.3) is 10.9 Å². The van der Waals surface area contributed by atoms with E-state index in [4.69, 9.17) is 26.1 Å². The summed E-state index contributed by atoms with van der Waals surface area (Å²) in [6.07, 6.45) is 5.98. The van der Waals surface area contributed by atoms with E-state index in [-0.39, 0.29) is 0 Å². The van der Waals surface area contributed by atoms with E-state index in [1.807, 2.05) is 24.3 Å². The average molecular weight is 453 g/mol. The van der Waals surface area contributed by atoms with Crippen molar-refractivity contribution < 1.29 is 19.1 Å². The standard InChI is InChI=1S/C25H25ClN2O4/c1-31-22-13-12-16(26)14-21(22)28-23(29)15-32-25(30)24-17-8-4-2-3-5-10-19(17)27-20-11-7-6-9-18(20)24/h6-7,9,11-14H,2-5,8,10,15H2,1H3,(H,28,29). The molecule has 0 saturated heterocycles. The van der Waals surface area contributed by atoms with Gasteiger partial charge in [-0.2, -0.15) is 0 Å². The van der Waals surface area contributed by atoms with Gasteiger partial charge in [-0.05, 0) is 55.5 Å². The summed E-state index contributed by atoms with van der Waals surface area (Å²) >= 11 is 6.01. The van der Waals surface area contributed by atoms with E-state index in [9.17, 15) is 9.59 Å². The van der Waals surface area contributed by atoms with Gasteiger partial charge in [-0.1, -0.05) is 42.6 Å². The minimum atomic E-state index is -0.506. The first-order valence-electron chi connectivity index (χ1n) is 10.8. The van der Waals surface area contributed by atoms with Gasteiger partial charge in [0.1, 0.15) is 5.75 Å². The number of nitrogens with zero attached hydrogens (tertiary/aromatic N) is 1. The topological polar surface area (TPSA) is 77.5 Å². The summed E-state index contributed by atoms with van der Waals surface area (Å²) in [5, 5.41) is 3.91. The Morgan fingerprint density at radius 1 is 1.06 bits per heavy atom. The van der Waals surface area contributed by atoms with Crippen molar-refractivity contribution in [1.29, 1.82) is 0 Å². The number of fused-ring (bicyclic) bond motifs is 2. The van der Waals surface area contributed by atoms with Crippen LogP contribution in [-0.2, 0) is 22.4 Å². The Kier molecular flexibility index (Phi) is 6.90. The first-order valence-corrected chi connectivity index (χ1v) is 11.2. The predicted octanol–water partition coefficient (Wildman–Crippen LogP) is 5.35. The molecule has 6 nitrogen and oxygen atoms in total. The molecule has 4 rings (SSSR count). The number of carbonyl (C=O) groups is 2. The van der Waals surface area contributed by atoms with Crippen molar-refractivity contribution in [1.82, 2.24) is 4.98 Å². The molecule has 1 N–H and O–H groups in total. The average Bonchev–Trinajstić information content (AvgIpc) is 2.77. The lowest BCUT2D eigenvalue weighted by Gasteiger charge is -2.18. The van der Waals surface area contributed by atoms with Gasteiger partial charge in [0.05, 0.1) is 23.9 Å². The lowest BCUT2D eigenvalue weighted by Crippen LogP contribution is -2.22. The zero-order chi connectivity index (χ0) is 22.5. The van der Waals surface area contributed by atoms with Crippen LogP contribution in [0.5, 0.6) is 5.75 Å². The molecule has 166 valence electrons. The largest absolute Gasteiger partial charge is 0.495 e. The van der Waals surface area contributed by atoms with Gasteiger partial charge >= 0.3 is 5.97 Å². The van der Waals surface area contributed by atoms with E-state index in [0.29, 0.717) is 22.0 Å². The number of hydrogen-bond donors (Lipinski definition) is 1. The zero-order valence-electron chi connectivity index (χ0n) is 17.9. The molecule has 0 aliphatic heterocycles. The SMILES string of the molecule is COc1ccc(Cl)cc1NC(=O)COC(=O)c1c2c(nc3ccccc13)CCCCCC2. The highest BCUT2D eigenvalue weighted by Gasteiger charge is 2.23. The van der Waals surface area contributed by atoms with Crippen molar-refractivity contribution >= 4 is 40.1 Å². The van der Waals surface area contributed by atoms with E-state index in [0.717, 1.165) is 54.3 Å². The molecule has 0 spiro atoms. The van der Waals surface area contributed by atoms with Crippen LogP contribution in [0, 0.1) is 0 Å². The van der Waals surface area contributed by atoms with Crippen molar-refractivity contribution in [3.8, 4) is 5.75 Å². The van der Waals surface area contributed by atoms with Crippen molar-refractivity contribution in [2.45, 2.75) is 38.5 Å². The first-order chi connectivity index (χ1) is 15.6. The molecule has 0 saturated carbocycles. The second kappa shape index (κ2) is 10.0. The second-order valence-electron chi connectivity index (χ2n) is 7.81. The van der Waals surface area contributed by atoms with Crippen molar-refractivity contribution in [2.24, 2.45) is 0 Å². The summed E-state index contributed by atoms with van der Waals surface area (Å²) in [5.74, 6) is -0.510. The van der Waals surface area contributed by atoms with E-state index in [2.05, 4.69) is 5.32 Å². The number of halogens is 1. The molecule has 0 unspecified atom stereocenters. The molecule has 0 bridgehead atoms. The molecular weight excluding hydrogens is 428 g/mol. The van der Waals surface area contributed by atoms with Crippen molar-refractivity contribution in [2.75, 3.05) is 19.0 Å². The molecule has 0 radical (unpaired) electrons. The van der Waals surface area contributed by atoms with Crippen LogP contribution in [0.3, 0.4) is 0 Å². The Morgan fingerprint density at radius 2 is 1.84 bits per heavy atom. The number of rotatable bonds is 5. The number of methoxy groups -OCH3 is 1. The lowest BCUT2D eigenvalue weighted by atomic mass is 9.91. The van der Waals surface area contributed by atoms with Crippen LogP contribution in [0.4, 0.5) is 5.69 Å². The number of carbonyl (C=O) groups excluding carboxylic acids is 2. The Bertz CT molecular complexity index is 1160. The summed E-state index contributed by atoms with van der Waals surface area (Å²) < 4.78 is 10.7. The summed E-state index contributed by atoms with van der Waals surface area (Å²) in [7, 11) is 1.50. The summed E-state index contributed by atoms with van der Waals surface area (Å²) in [6.45, 7) is -0.417. The molecule has 0 fully saturated rings. The van der Waals surface area contributed by atoms with Gasteiger partial charge < -0.3 is 14.8 Å². The van der Waals surface area contributed by atoms with Gasteiger partial charge in [-0.3, -0.25) is 9.78 Å². The number of pyridine rings is 1. The molecule has 1 aliphatic rings. The fourth-order valence-corrected chi connectivity index (χ4v) is 4.30. The van der Waals surface area contributed by atoms with E-state index in [1.165, 1.54) is 13.5 Å². The number of esters is 1. The molecule has 1 aromatic heterocycles. The fraction of sp³-hybridized carbons (Fsp3) is 0.320. The number of ether oxygens (including phenoxy) is 2. The van der Waals surface area contributed by atoms with Crippen LogP contribution in [-0.4, -0.2) is 30.6 Å². The zero-order valence-corrected chi connectivity index (χ0v) is 18.7. The predicted molar refractivity (Wildman–Crippen MR) is 125 cm³/mol. The van der Waals surface area contributed by atoms with Gasteiger partial charge in [-0.25, -0.2) is 4.79 Å². The minimum absolute atomic E-state index is 0.417. The molecule has 1 aliphatic carbocycles. The monoisotopic (exact) mass is 452 g/mol. The van der Waals surface area contributed by atoms with Crippen molar-refractivity contribution in [3.63, 3.8) is 0 Å². The highest BCUT2D eigenvalue weighted by Crippen LogP contribution is 2.30. The summed E-state index contributed by atoms with van der Waals surface area (Å²) in [6, 6.07) is 12.5. The third-order valence-electron chi connectivity index (χ3n) is 5.64. The van der Waals surface area contributed by atoms with Crippen LogP contribution < -0.4 is 10.1 Å². The number of nitrogens with one attached hydrogen (secondary N) is 1. The number of anilines is 1. The van der Waals surface area contributed by atoms with Gasteiger partial charge in [0, 0.05) is 16.1 Å². The highest BCUT2D eigenvalue weighted by atomic mass is 35.5. The smallest absolute Gasteiger partial charge is 0.339 e. The highest BCUT2D eigenvalue weighted by molar-refractivity contribution is 6.31. The minimum Gasteiger partial charge on any atom is -0.495 e. The van der Waals surface area contributed by atoms with Crippen LogP contribution >= 0.6 is 11.6 Å². The summed E-state index contributed by atoms with van der Waals surface area (Å²) in [4.78, 5) is 30.5. The summed E-state index contributed by atoms with van der Waals surface area (Å²) in [5.41, 5.74) is 3.63. The lowest BCUT2D eigenvalue weighted by molar-refractivity contribution is -0.119. The number of aryl methyl sites for hydroxylation is 1. The molecule has 32 heavy (non-hydrogen) atoms. The molecule has 1 amide bonds. The van der Waals surface area contributed by atoms with Gasteiger partial charge in [0.2, 0.25) is 0 Å². The van der Waals surface area contributed by atoms with Crippen LogP contribution in [0.15, 0.2) is 42.5 Å². The molecule has 2 aromatic carbocycles.